The van der Waals surface area contributed by atoms with Gasteiger partial charge >= 0.3 is 11.9 Å². The van der Waals surface area contributed by atoms with Crippen molar-refractivity contribution in [1.29, 1.82) is 0 Å². The number of carbonyl (C=O) groups excluding carboxylic acids is 2. The number of nitrogens with zero attached hydrogens (tertiary/aromatic N) is 2. The van der Waals surface area contributed by atoms with E-state index in [2.05, 4.69) is 4.98 Å². The normalized spacial score (nSPS) is 13.8. The van der Waals surface area contributed by atoms with Gasteiger partial charge in [-0.25, -0.2) is 14.6 Å². The monoisotopic (exact) mass is 386 g/mol. The first-order chi connectivity index (χ1) is 13.1. The van der Waals surface area contributed by atoms with Gasteiger partial charge in [0.05, 0.1) is 19.8 Å². The summed E-state index contributed by atoms with van der Waals surface area (Å²) in [4.78, 5) is 30.6. The molecule has 27 heavy (non-hydrogen) atoms. The highest BCUT2D eigenvalue weighted by molar-refractivity contribution is 7.99. The van der Waals surface area contributed by atoms with Gasteiger partial charge in [-0.1, -0.05) is 24.8 Å². The van der Waals surface area contributed by atoms with E-state index >= 15 is 0 Å². The Bertz CT molecular complexity index is 974. The Morgan fingerprint density at radius 1 is 1.19 bits per heavy atom. The van der Waals surface area contributed by atoms with Gasteiger partial charge in [0.2, 0.25) is 0 Å². The van der Waals surface area contributed by atoms with E-state index in [4.69, 9.17) is 13.9 Å². The average molecular weight is 386 g/mol. The minimum atomic E-state index is -0.661. The molecule has 0 N–H and O–H groups in total. The van der Waals surface area contributed by atoms with Gasteiger partial charge in [-0.05, 0) is 30.0 Å². The third-order valence-electron chi connectivity index (χ3n) is 3.79. The van der Waals surface area contributed by atoms with E-state index < -0.39 is 11.9 Å². The molecule has 0 fully saturated rings. The number of hydrogen-bond acceptors (Lipinski definition) is 8. The number of fused-ring (bicyclic) bond motifs is 1. The van der Waals surface area contributed by atoms with Gasteiger partial charge in [0.25, 0.3) is 5.22 Å². The molecular formula is C19H18N2O5S. The van der Waals surface area contributed by atoms with Crippen molar-refractivity contribution in [2.45, 2.75) is 12.1 Å². The van der Waals surface area contributed by atoms with Crippen molar-refractivity contribution < 1.29 is 23.5 Å². The molecule has 8 heteroatoms. The molecule has 0 atom stereocenters. The number of carbonyl (C=O) groups is 2. The average Bonchev–Trinajstić information content (AvgIpc) is 2.95. The molecule has 0 aliphatic carbocycles. The van der Waals surface area contributed by atoms with Crippen molar-refractivity contribution in [2.24, 2.45) is 0 Å². The maximum atomic E-state index is 12.5. The molecular weight excluding hydrogens is 368 g/mol. The molecule has 0 radical (unpaired) electrons. The second kappa shape index (κ2) is 8.13. The van der Waals surface area contributed by atoms with E-state index in [1.165, 1.54) is 32.1 Å². The summed E-state index contributed by atoms with van der Waals surface area (Å²) in [5.74, 6) is -0.452. The fourth-order valence-electron chi connectivity index (χ4n) is 2.59. The highest BCUT2D eigenvalue weighted by Crippen LogP contribution is 2.31. The van der Waals surface area contributed by atoms with E-state index in [0.29, 0.717) is 22.0 Å². The van der Waals surface area contributed by atoms with Gasteiger partial charge in [0, 0.05) is 18.0 Å². The second-order valence-corrected chi connectivity index (χ2v) is 6.60. The number of hydrogen-bond donors (Lipinski definition) is 0. The van der Waals surface area contributed by atoms with Gasteiger partial charge < -0.3 is 18.8 Å². The number of esters is 2. The van der Waals surface area contributed by atoms with Gasteiger partial charge in [-0.15, -0.1) is 0 Å². The molecule has 1 aromatic carbocycles. The van der Waals surface area contributed by atoms with E-state index in [1.807, 2.05) is 6.92 Å². The predicted octanol–water partition coefficient (Wildman–Crippen LogP) is 3.43. The fourth-order valence-corrected chi connectivity index (χ4v) is 3.15. The van der Waals surface area contributed by atoms with Crippen LogP contribution >= 0.6 is 11.8 Å². The summed E-state index contributed by atoms with van der Waals surface area (Å²) in [5, 5.41) is 0.580. The topological polar surface area (TPSA) is 81.9 Å². The molecule has 1 aromatic heterocycles. The third kappa shape index (κ3) is 3.75. The number of rotatable bonds is 5. The molecule has 1 aliphatic heterocycles. The number of aromatic nitrogens is 1. The Morgan fingerprint density at radius 3 is 2.67 bits per heavy atom. The number of thioether (sulfide) groups is 1. The summed E-state index contributed by atoms with van der Waals surface area (Å²) in [6.45, 7) is 2.02. The molecule has 2 aromatic rings. The van der Waals surface area contributed by atoms with E-state index in [1.54, 1.807) is 41.5 Å². The van der Waals surface area contributed by atoms with Crippen LogP contribution in [0.4, 0.5) is 5.69 Å². The number of ether oxygens (including phenoxy) is 2. The smallest absolute Gasteiger partial charge is 0.355 e. The van der Waals surface area contributed by atoms with Crippen molar-refractivity contribution in [1.82, 2.24) is 4.98 Å². The minimum absolute atomic E-state index is 0.0522. The number of methoxy groups -OCH3 is 2. The van der Waals surface area contributed by atoms with Crippen LogP contribution in [0.2, 0.25) is 0 Å². The zero-order valence-electron chi connectivity index (χ0n) is 15.1. The summed E-state index contributed by atoms with van der Waals surface area (Å²) in [5.41, 5.74) is 2.06. The van der Waals surface area contributed by atoms with Crippen molar-refractivity contribution in [3.63, 3.8) is 0 Å². The molecule has 1 aliphatic rings. The van der Waals surface area contributed by atoms with Crippen LogP contribution in [0.5, 0.6) is 0 Å². The van der Waals surface area contributed by atoms with Gasteiger partial charge in [-0.3, -0.25) is 0 Å². The lowest BCUT2D eigenvalue weighted by molar-refractivity contribution is -0.139. The summed E-state index contributed by atoms with van der Waals surface area (Å²) >= 11 is 1.50. The molecule has 0 unspecified atom stereocenters. The lowest BCUT2D eigenvalue weighted by Gasteiger charge is -2.22. The summed E-state index contributed by atoms with van der Waals surface area (Å²) in [6.07, 6.45) is 6.54. The summed E-state index contributed by atoms with van der Waals surface area (Å²) < 4.78 is 15.5. The zero-order chi connectivity index (χ0) is 19.4. The van der Waals surface area contributed by atoms with Crippen LogP contribution in [-0.4, -0.2) is 36.9 Å². The van der Waals surface area contributed by atoms with Crippen LogP contribution in [0.15, 0.2) is 63.5 Å². The van der Waals surface area contributed by atoms with Crippen molar-refractivity contribution in [3.05, 3.63) is 53.9 Å². The Kier molecular flexibility index (Phi) is 5.66. The van der Waals surface area contributed by atoms with Crippen molar-refractivity contribution in [2.75, 3.05) is 24.9 Å². The van der Waals surface area contributed by atoms with Gasteiger partial charge in [-0.2, -0.15) is 0 Å². The first-order valence-corrected chi connectivity index (χ1v) is 9.16. The van der Waals surface area contributed by atoms with Crippen molar-refractivity contribution >= 4 is 40.5 Å². The Morgan fingerprint density at radius 2 is 1.96 bits per heavy atom. The van der Waals surface area contributed by atoms with Crippen molar-refractivity contribution in [3.8, 4) is 0 Å². The largest absolute Gasteiger partial charge is 0.465 e. The molecule has 0 spiro atoms. The maximum absolute atomic E-state index is 12.5. The van der Waals surface area contributed by atoms with E-state index in [0.717, 1.165) is 5.75 Å². The number of oxazole rings is 1. The fraction of sp³-hybridized carbons (Fsp3) is 0.211. The lowest BCUT2D eigenvalue weighted by Crippen LogP contribution is -2.26. The summed E-state index contributed by atoms with van der Waals surface area (Å²) in [7, 11) is 2.52. The van der Waals surface area contributed by atoms with Crippen LogP contribution in [0, 0.1) is 0 Å². The first-order valence-electron chi connectivity index (χ1n) is 8.17. The lowest BCUT2D eigenvalue weighted by atomic mass is 10.1. The minimum Gasteiger partial charge on any atom is -0.465 e. The number of allylic oxidation sites excluding steroid dienone is 2. The van der Waals surface area contributed by atoms with E-state index in [9.17, 15) is 9.59 Å². The Balaban J connectivity index is 2.13. The highest BCUT2D eigenvalue weighted by Gasteiger charge is 2.27. The third-order valence-corrected chi connectivity index (χ3v) is 4.50. The molecule has 7 nitrogen and oxygen atoms in total. The molecule has 3 rings (SSSR count). The highest BCUT2D eigenvalue weighted by atomic mass is 32.2. The SMILES string of the molecule is CCSc1nc2ccc(N3C=CC=CC(C(=O)OC)=C3C(=O)OC)cc2o1. The zero-order valence-corrected chi connectivity index (χ0v) is 15.9. The standard InChI is InChI=1S/C19H18N2O5S/c1-4-27-19-20-14-9-8-12(11-15(14)26-19)21-10-6-5-7-13(17(22)24-2)16(21)18(23)25-3/h5-11H,4H2,1-3H3. The number of benzene rings is 1. The molecule has 0 amide bonds. The molecule has 140 valence electrons. The van der Waals surface area contributed by atoms with Gasteiger partial charge in [0.1, 0.15) is 11.2 Å². The molecule has 0 saturated carbocycles. The quantitative estimate of drug-likeness (QED) is 0.571. The molecule has 0 saturated heterocycles. The van der Waals surface area contributed by atoms with Crippen LogP contribution in [0.25, 0.3) is 11.1 Å². The number of anilines is 1. The van der Waals surface area contributed by atoms with Crippen LogP contribution < -0.4 is 4.90 Å². The van der Waals surface area contributed by atoms with Crippen LogP contribution in [-0.2, 0) is 19.1 Å². The van der Waals surface area contributed by atoms with Crippen LogP contribution in [0.3, 0.4) is 0 Å². The Labute approximate surface area is 160 Å². The predicted molar refractivity (Wildman–Crippen MR) is 102 cm³/mol. The molecule has 2 heterocycles. The first kappa shape index (κ1) is 18.8. The van der Waals surface area contributed by atoms with Crippen LogP contribution in [0.1, 0.15) is 6.92 Å². The van der Waals surface area contributed by atoms with E-state index in [-0.39, 0.29) is 11.3 Å². The summed E-state index contributed by atoms with van der Waals surface area (Å²) in [6, 6.07) is 5.35. The molecule has 0 bridgehead atoms. The second-order valence-electron chi connectivity index (χ2n) is 5.38. The maximum Gasteiger partial charge on any atom is 0.355 e. The van der Waals surface area contributed by atoms with Gasteiger partial charge in [0.15, 0.2) is 5.58 Å². The Hall–Kier alpha value is -3.00.